The molecule has 1 aliphatic carbocycles. The molecule has 1 N–H and O–H groups in total. The van der Waals surface area contributed by atoms with E-state index in [1.54, 1.807) is 0 Å². The quantitative estimate of drug-likeness (QED) is 0.394. The zero-order valence-electron chi connectivity index (χ0n) is 17.5. The van der Waals surface area contributed by atoms with Crippen molar-refractivity contribution in [3.63, 3.8) is 0 Å². The molecule has 7 nitrogen and oxygen atoms in total. The van der Waals surface area contributed by atoms with Gasteiger partial charge in [-0.05, 0) is 12.1 Å². The van der Waals surface area contributed by atoms with E-state index in [4.69, 9.17) is 4.42 Å². The zero-order valence-corrected chi connectivity index (χ0v) is 18.3. The number of aromatic nitrogens is 4. The van der Waals surface area contributed by atoms with Crippen molar-refractivity contribution in [3.05, 3.63) is 64.3 Å². The van der Waals surface area contributed by atoms with Crippen LogP contribution in [-0.2, 0) is 6.42 Å². The van der Waals surface area contributed by atoms with Gasteiger partial charge in [0.25, 0.3) is 12.3 Å². The molecule has 6 rings (SSSR count). The van der Waals surface area contributed by atoms with E-state index in [0.717, 1.165) is 15.9 Å². The highest BCUT2D eigenvalue weighted by Crippen LogP contribution is 2.49. The Balaban J connectivity index is 1.41. The fourth-order valence-corrected chi connectivity index (χ4v) is 5.63. The van der Waals surface area contributed by atoms with Crippen LogP contribution in [0.4, 0.5) is 17.6 Å². The molecule has 1 saturated carbocycles. The summed E-state index contributed by atoms with van der Waals surface area (Å²) in [6, 6.07) is 6.77. The number of amides is 1. The van der Waals surface area contributed by atoms with Gasteiger partial charge in [-0.25, -0.2) is 32.5 Å². The minimum Gasteiger partial charge on any atom is -0.435 e. The predicted molar refractivity (Wildman–Crippen MR) is 113 cm³/mol. The van der Waals surface area contributed by atoms with Crippen molar-refractivity contribution in [1.29, 1.82) is 0 Å². The molecular weight excluding hydrogens is 474 g/mol. The van der Waals surface area contributed by atoms with Crippen LogP contribution in [0.2, 0.25) is 0 Å². The SMILES string of the molecule is O=C(c1oc(C2CC(F)(F)C2)nc1C(F)F)N1CCc2[nH]cnc2[C@H]1c1nc2ccccc2s1. The maximum Gasteiger partial charge on any atom is 0.292 e. The number of hydrogen-bond donors (Lipinski definition) is 1. The number of rotatable bonds is 4. The smallest absolute Gasteiger partial charge is 0.292 e. The van der Waals surface area contributed by atoms with Gasteiger partial charge in [-0.3, -0.25) is 4.79 Å². The Bertz CT molecular complexity index is 1360. The van der Waals surface area contributed by atoms with Gasteiger partial charge in [0.15, 0.2) is 11.6 Å². The molecule has 0 bridgehead atoms. The van der Waals surface area contributed by atoms with E-state index in [-0.39, 0.29) is 12.4 Å². The van der Waals surface area contributed by atoms with Gasteiger partial charge in [-0.2, -0.15) is 0 Å². The lowest BCUT2D eigenvalue weighted by atomic mass is 9.81. The van der Waals surface area contributed by atoms with Crippen LogP contribution in [0.1, 0.15) is 69.8 Å². The molecule has 0 radical (unpaired) electrons. The molecule has 4 aromatic rings. The minimum atomic E-state index is -3.09. The molecule has 1 aromatic carbocycles. The van der Waals surface area contributed by atoms with Crippen LogP contribution >= 0.6 is 11.3 Å². The van der Waals surface area contributed by atoms with E-state index in [2.05, 4.69) is 19.9 Å². The van der Waals surface area contributed by atoms with Crippen molar-refractivity contribution in [3.8, 4) is 0 Å². The fourth-order valence-electron chi connectivity index (χ4n) is 4.54. The lowest BCUT2D eigenvalue weighted by molar-refractivity contribution is -0.0918. The third-order valence-corrected chi connectivity index (χ3v) is 7.33. The summed E-state index contributed by atoms with van der Waals surface area (Å²) in [5.41, 5.74) is 1.33. The molecule has 0 saturated heterocycles. The van der Waals surface area contributed by atoms with Crippen molar-refractivity contribution >= 4 is 27.5 Å². The Labute approximate surface area is 193 Å². The molecule has 2 aliphatic rings. The lowest BCUT2D eigenvalue weighted by Crippen LogP contribution is -2.41. The Morgan fingerprint density at radius 3 is 2.76 bits per heavy atom. The van der Waals surface area contributed by atoms with Crippen LogP contribution in [0.5, 0.6) is 0 Å². The second-order valence-corrected chi connectivity index (χ2v) is 9.53. The van der Waals surface area contributed by atoms with E-state index >= 15 is 0 Å². The Morgan fingerprint density at radius 2 is 2.03 bits per heavy atom. The summed E-state index contributed by atoms with van der Waals surface area (Å²) >= 11 is 1.38. The molecular formula is C22H17F4N5O2S. The number of para-hydroxylation sites is 1. The highest BCUT2D eigenvalue weighted by molar-refractivity contribution is 7.18. The van der Waals surface area contributed by atoms with E-state index in [0.29, 0.717) is 17.1 Å². The third kappa shape index (κ3) is 3.39. The zero-order chi connectivity index (χ0) is 23.6. The van der Waals surface area contributed by atoms with Crippen LogP contribution in [0.15, 0.2) is 35.0 Å². The summed E-state index contributed by atoms with van der Waals surface area (Å²) in [6.07, 6.45) is -2.23. The second kappa shape index (κ2) is 7.62. The molecule has 34 heavy (non-hydrogen) atoms. The van der Waals surface area contributed by atoms with Crippen LogP contribution in [0, 0.1) is 0 Å². The second-order valence-electron chi connectivity index (χ2n) is 8.47. The first kappa shape index (κ1) is 21.3. The summed E-state index contributed by atoms with van der Waals surface area (Å²) in [5, 5.41) is 0.583. The molecule has 176 valence electrons. The van der Waals surface area contributed by atoms with Gasteiger partial charge >= 0.3 is 0 Å². The largest absolute Gasteiger partial charge is 0.435 e. The predicted octanol–water partition coefficient (Wildman–Crippen LogP) is 5.25. The highest BCUT2D eigenvalue weighted by atomic mass is 32.1. The number of fused-ring (bicyclic) bond motifs is 2. The Morgan fingerprint density at radius 1 is 1.24 bits per heavy atom. The monoisotopic (exact) mass is 491 g/mol. The number of imidazole rings is 1. The van der Waals surface area contributed by atoms with Crippen LogP contribution in [0.25, 0.3) is 10.2 Å². The number of nitrogens with zero attached hydrogens (tertiary/aromatic N) is 4. The topological polar surface area (TPSA) is 87.9 Å². The van der Waals surface area contributed by atoms with Gasteiger partial charge in [0.05, 0.1) is 22.2 Å². The maximum absolute atomic E-state index is 13.8. The highest BCUT2D eigenvalue weighted by Gasteiger charge is 2.49. The van der Waals surface area contributed by atoms with Gasteiger partial charge in [-0.15, -0.1) is 11.3 Å². The fraction of sp³-hybridized carbons (Fsp3) is 0.364. The number of hydrogen-bond acceptors (Lipinski definition) is 6. The van der Waals surface area contributed by atoms with Crippen molar-refractivity contribution in [2.75, 3.05) is 6.54 Å². The number of H-pyrrole nitrogens is 1. The van der Waals surface area contributed by atoms with Crippen molar-refractivity contribution in [1.82, 2.24) is 24.8 Å². The first-order valence-corrected chi connectivity index (χ1v) is 11.5. The summed E-state index contributed by atoms with van der Waals surface area (Å²) in [4.78, 5) is 30.8. The first-order valence-electron chi connectivity index (χ1n) is 10.7. The van der Waals surface area contributed by atoms with Gasteiger partial charge in [0.2, 0.25) is 11.7 Å². The summed E-state index contributed by atoms with van der Waals surface area (Å²) in [6.45, 7) is 0.203. The summed E-state index contributed by atoms with van der Waals surface area (Å²) < 4.78 is 60.6. The number of halogens is 4. The molecule has 1 atom stereocenters. The Kier molecular flexibility index (Phi) is 4.77. The summed E-state index contributed by atoms with van der Waals surface area (Å²) in [5.74, 6) is -5.34. The van der Waals surface area contributed by atoms with Gasteiger partial charge in [0.1, 0.15) is 11.0 Å². The van der Waals surface area contributed by atoms with E-state index in [9.17, 15) is 22.4 Å². The number of alkyl halides is 4. The molecule has 1 amide bonds. The number of aromatic amines is 1. The standard InChI is InChI=1S/C22H17F4N5O2S/c23-18(24)15-17(33-19(30-15)10-7-22(25,26)8-10)21(32)31-6-5-12-14(28-9-27-12)16(31)20-29-11-3-1-2-4-13(11)34-20/h1-4,9-10,16,18H,5-8H2,(H,27,28)/t16-/m0/s1. The molecule has 1 aliphatic heterocycles. The number of carbonyl (C=O) groups excluding carboxylic acids is 1. The Hall–Kier alpha value is -3.28. The molecule has 0 unspecified atom stereocenters. The number of thiazole rings is 1. The number of benzene rings is 1. The summed E-state index contributed by atoms with van der Waals surface area (Å²) in [7, 11) is 0. The first-order chi connectivity index (χ1) is 16.3. The molecule has 1 fully saturated rings. The molecule has 12 heteroatoms. The number of nitrogens with one attached hydrogen (secondary N) is 1. The number of oxazole rings is 1. The van der Waals surface area contributed by atoms with E-state index in [1.807, 2.05) is 24.3 Å². The average Bonchev–Trinajstić information content (AvgIpc) is 3.53. The van der Waals surface area contributed by atoms with E-state index < -0.39 is 54.5 Å². The van der Waals surface area contributed by atoms with Crippen molar-refractivity contribution < 1.29 is 26.8 Å². The van der Waals surface area contributed by atoms with Crippen molar-refractivity contribution in [2.45, 2.75) is 43.6 Å². The normalized spacial score (nSPS) is 20.0. The van der Waals surface area contributed by atoms with Crippen molar-refractivity contribution in [2.24, 2.45) is 0 Å². The maximum atomic E-state index is 13.8. The molecule has 3 aromatic heterocycles. The lowest BCUT2D eigenvalue weighted by Gasteiger charge is -2.33. The van der Waals surface area contributed by atoms with Crippen LogP contribution < -0.4 is 0 Å². The average molecular weight is 491 g/mol. The van der Waals surface area contributed by atoms with Crippen LogP contribution in [-0.4, -0.2) is 43.2 Å². The number of carbonyl (C=O) groups is 1. The van der Waals surface area contributed by atoms with Gasteiger partial charge in [0, 0.05) is 37.4 Å². The minimum absolute atomic E-state index is 0.203. The van der Waals surface area contributed by atoms with Gasteiger partial charge < -0.3 is 14.3 Å². The van der Waals surface area contributed by atoms with Crippen LogP contribution in [0.3, 0.4) is 0 Å². The molecule has 0 spiro atoms. The third-order valence-electron chi connectivity index (χ3n) is 6.24. The van der Waals surface area contributed by atoms with E-state index in [1.165, 1.54) is 22.6 Å². The van der Waals surface area contributed by atoms with Gasteiger partial charge in [-0.1, -0.05) is 12.1 Å². The molecule has 4 heterocycles.